The topological polar surface area (TPSA) is 37.3 Å². The molecular weight excluding hydrogens is 279 g/mol. The number of carboxylic acids is 1. The van der Waals surface area contributed by atoms with Gasteiger partial charge in [0.05, 0.1) is 5.92 Å². The number of hydrogen-bond acceptors (Lipinski definition) is 1. The van der Waals surface area contributed by atoms with Gasteiger partial charge in [0.15, 0.2) is 0 Å². The van der Waals surface area contributed by atoms with E-state index in [1.807, 2.05) is 6.07 Å². The van der Waals surface area contributed by atoms with Crippen molar-refractivity contribution in [2.45, 2.75) is 18.8 Å². The fraction of sp³-hybridized carbons (Fsp3) is 0.364. The van der Waals surface area contributed by atoms with Crippen LogP contribution in [0.15, 0.2) is 22.7 Å². The summed E-state index contributed by atoms with van der Waals surface area (Å²) in [5.74, 6) is -0.875. The average molecular weight is 290 g/mol. The molecule has 1 saturated carbocycles. The van der Waals surface area contributed by atoms with Crippen molar-refractivity contribution >= 4 is 33.5 Å². The zero-order chi connectivity index (χ0) is 11.0. The van der Waals surface area contributed by atoms with Crippen LogP contribution in [0, 0.1) is 5.92 Å². The molecular formula is C11H10BrClO2. The summed E-state index contributed by atoms with van der Waals surface area (Å²) in [5, 5.41) is 9.74. The first-order valence-electron chi connectivity index (χ1n) is 4.76. The van der Waals surface area contributed by atoms with Crippen LogP contribution in [-0.4, -0.2) is 11.1 Å². The summed E-state index contributed by atoms with van der Waals surface area (Å²) in [4.78, 5) is 11.1. The summed E-state index contributed by atoms with van der Waals surface area (Å²) in [7, 11) is 0. The monoisotopic (exact) mass is 288 g/mol. The summed E-state index contributed by atoms with van der Waals surface area (Å²) >= 11 is 9.22. The Kier molecular flexibility index (Phi) is 3.03. The second-order valence-corrected chi connectivity index (χ2v) is 5.21. The van der Waals surface area contributed by atoms with Crippen molar-refractivity contribution < 1.29 is 9.90 Å². The molecule has 1 unspecified atom stereocenters. The maximum Gasteiger partial charge on any atom is 0.311 e. The van der Waals surface area contributed by atoms with Crippen LogP contribution in [0.4, 0.5) is 0 Å². The van der Waals surface area contributed by atoms with Gasteiger partial charge in [-0.25, -0.2) is 0 Å². The highest BCUT2D eigenvalue weighted by Crippen LogP contribution is 2.43. The number of halogens is 2. The molecule has 1 atom stereocenters. The molecule has 15 heavy (non-hydrogen) atoms. The lowest BCUT2D eigenvalue weighted by atomic mass is 9.94. The van der Waals surface area contributed by atoms with E-state index in [1.165, 1.54) is 0 Å². The lowest BCUT2D eigenvalue weighted by molar-refractivity contribution is -0.139. The first-order valence-corrected chi connectivity index (χ1v) is 5.94. The molecule has 0 aliphatic heterocycles. The third-order valence-corrected chi connectivity index (χ3v) is 3.28. The van der Waals surface area contributed by atoms with Gasteiger partial charge in [0.2, 0.25) is 0 Å². The molecule has 1 aliphatic rings. The molecule has 1 aromatic rings. The maximum atomic E-state index is 11.1. The third kappa shape index (κ3) is 2.52. The van der Waals surface area contributed by atoms with Gasteiger partial charge in [-0.1, -0.05) is 27.5 Å². The van der Waals surface area contributed by atoms with E-state index in [0.717, 1.165) is 22.9 Å². The smallest absolute Gasteiger partial charge is 0.311 e. The van der Waals surface area contributed by atoms with E-state index in [2.05, 4.69) is 15.9 Å². The highest BCUT2D eigenvalue weighted by molar-refractivity contribution is 9.10. The lowest BCUT2D eigenvalue weighted by Crippen LogP contribution is -2.13. The van der Waals surface area contributed by atoms with Crippen molar-refractivity contribution in [2.24, 2.45) is 5.92 Å². The average Bonchev–Trinajstić information content (AvgIpc) is 2.85. The minimum absolute atomic E-state index is 0.285. The van der Waals surface area contributed by atoms with E-state index in [1.54, 1.807) is 12.1 Å². The lowest BCUT2D eigenvalue weighted by Gasteiger charge is -2.12. The van der Waals surface area contributed by atoms with Gasteiger partial charge in [0.25, 0.3) is 0 Å². The molecule has 0 radical (unpaired) electrons. The standard InChI is InChI=1S/C11H10BrClO2/c12-8-3-7(4-9(13)5-8)10(11(14)15)6-1-2-6/h3-6,10H,1-2H2,(H,14,15). The largest absolute Gasteiger partial charge is 0.481 e. The number of carbonyl (C=O) groups is 1. The fourth-order valence-electron chi connectivity index (χ4n) is 1.80. The van der Waals surface area contributed by atoms with Crippen molar-refractivity contribution in [2.75, 3.05) is 0 Å². The first-order chi connectivity index (χ1) is 7.08. The van der Waals surface area contributed by atoms with Gasteiger partial charge < -0.3 is 5.11 Å². The Morgan fingerprint density at radius 2 is 2.13 bits per heavy atom. The number of benzene rings is 1. The predicted octanol–water partition coefficient (Wildman–Crippen LogP) is 3.68. The van der Waals surface area contributed by atoms with E-state index >= 15 is 0 Å². The number of rotatable bonds is 3. The Morgan fingerprint density at radius 3 is 2.60 bits per heavy atom. The van der Waals surface area contributed by atoms with Crippen LogP contribution in [0.25, 0.3) is 0 Å². The highest BCUT2D eigenvalue weighted by Gasteiger charge is 2.37. The molecule has 0 aromatic heterocycles. The molecule has 1 fully saturated rings. The molecule has 2 rings (SSSR count). The van der Waals surface area contributed by atoms with Crippen LogP contribution in [-0.2, 0) is 4.79 Å². The zero-order valence-electron chi connectivity index (χ0n) is 7.91. The molecule has 0 heterocycles. The molecule has 80 valence electrons. The SMILES string of the molecule is O=C(O)C(c1cc(Cl)cc(Br)c1)C1CC1. The van der Waals surface area contributed by atoms with Crippen molar-refractivity contribution in [3.63, 3.8) is 0 Å². The summed E-state index contributed by atoms with van der Waals surface area (Å²) < 4.78 is 0.830. The predicted molar refractivity (Wildman–Crippen MR) is 62.3 cm³/mol. The third-order valence-electron chi connectivity index (χ3n) is 2.60. The molecule has 0 bridgehead atoms. The Labute approximate surface area is 101 Å². The van der Waals surface area contributed by atoms with Gasteiger partial charge in [0, 0.05) is 9.50 Å². The first kappa shape index (κ1) is 11.0. The van der Waals surface area contributed by atoms with Crippen molar-refractivity contribution in [3.05, 3.63) is 33.3 Å². The van der Waals surface area contributed by atoms with Crippen molar-refractivity contribution in [1.82, 2.24) is 0 Å². The van der Waals surface area contributed by atoms with E-state index in [4.69, 9.17) is 16.7 Å². The molecule has 4 heteroatoms. The van der Waals surface area contributed by atoms with Crippen LogP contribution in [0.3, 0.4) is 0 Å². The number of aliphatic carboxylic acids is 1. The molecule has 0 amide bonds. The second-order valence-electron chi connectivity index (χ2n) is 3.86. The number of hydrogen-bond donors (Lipinski definition) is 1. The number of carboxylic acid groups (broad SMARTS) is 1. The fourth-order valence-corrected chi connectivity index (χ4v) is 2.69. The minimum atomic E-state index is -0.758. The van der Waals surface area contributed by atoms with E-state index in [0.29, 0.717) is 5.02 Å². The molecule has 0 saturated heterocycles. The molecule has 1 aromatic carbocycles. The Hall–Kier alpha value is -0.540. The van der Waals surface area contributed by atoms with Crippen molar-refractivity contribution in [1.29, 1.82) is 0 Å². The summed E-state index contributed by atoms with van der Waals surface area (Å²) in [5.41, 5.74) is 0.796. The van der Waals surface area contributed by atoms with Gasteiger partial charge in [-0.3, -0.25) is 4.79 Å². The van der Waals surface area contributed by atoms with E-state index < -0.39 is 11.9 Å². The summed E-state index contributed by atoms with van der Waals surface area (Å²) in [6.45, 7) is 0. The maximum absolute atomic E-state index is 11.1. The van der Waals surface area contributed by atoms with Gasteiger partial charge in [-0.2, -0.15) is 0 Å². The molecule has 1 N–H and O–H groups in total. The van der Waals surface area contributed by atoms with E-state index in [-0.39, 0.29) is 5.92 Å². The zero-order valence-corrected chi connectivity index (χ0v) is 10.3. The highest BCUT2D eigenvalue weighted by atomic mass is 79.9. The normalized spacial score (nSPS) is 17.5. The van der Waals surface area contributed by atoms with E-state index in [9.17, 15) is 4.79 Å². The molecule has 2 nitrogen and oxygen atoms in total. The van der Waals surface area contributed by atoms with Gasteiger partial charge >= 0.3 is 5.97 Å². The van der Waals surface area contributed by atoms with Crippen LogP contribution >= 0.6 is 27.5 Å². The van der Waals surface area contributed by atoms with Gasteiger partial charge in [-0.05, 0) is 42.5 Å². The summed E-state index contributed by atoms with van der Waals surface area (Å²) in [6, 6.07) is 5.34. The molecule has 1 aliphatic carbocycles. The Bertz CT molecular complexity index is 381. The van der Waals surface area contributed by atoms with Crippen LogP contribution < -0.4 is 0 Å². The van der Waals surface area contributed by atoms with Crippen molar-refractivity contribution in [3.8, 4) is 0 Å². The van der Waals surface area contributed by atoms with Crippen LogP contribution in [0.1, 0.15) is 24.3 Å². The van der Waals surface area contributed by atoms with Gasteiger partial charge in [0.1, 0.15) is 0 Å². The van der Waals surface area contributed by atoms with Crippen LogP contribution in [0.5, 0.6) is 0 Å². The van der Waals surface area contributed by atoms with Gasteiger partial charge in [-0.15, -0.1) is 0 Å². The minimum Gasteiger partial charge on any atom is -0.481 e. The second kappa shape index (κ2) is 4.14. The van der Waals surface area contributed by atoms with Crippen LogP contribution in [0.2, 0.25) is 5.02 Å². The Morgan fingerprint density at radius 1 is 1.47 bits per heavy atom. The summed E-state index contributed by atoms with van der Waals surface area (Å²) in [6.07, 6.45) is 2.00. The quantitative estimate of drug-likeness (QED) is 0.921. The Balaban J connectivity index is 2.36. The molecule has 0 spiro atoms.